The molecule has 0 amide bonds. The summed E-state index contributed by atoms with van der Waals surface area (Å²) in [7, 11) is 0. The zero-order valence-corrected chi connectivity index (χ0v) is 13.6. The summed E-state index contributed by atoms with van der Waals surface area (Å²) in [6.07, 6.45) is 0. The predicted octanol–water partition coefficient (Wildman–Crippen LogP) is 6.50. The van der Waals surface area contributed by atoms with Gasteiger partial charge < -0.3 is 0 Å². The van der Waals surface area contributed by atoms with E-state index in [0.717, 1.165) is 21.0 Å². The van der Waals surface area contributed by atoms with Crippen LogP contribution in [0.5, 0.6) is 0 Å². The van der Waals surface area contributed by atoms with E-state index in [0.29, 0.717) is 0 Å². The Morgan fingerprint density at radius 3 is 2.30 bits per heavy atom. The minimum absolute atomic E-state index is 0.202. The zero-order valence-electron chi connectivity index (χ0n) is 11.3. The van der Waals surface area contributed by atoms with Gasteiger partial charge in [0, 0.05) is 4.88 Å². The average Bonchev–Trinajstić information content (AvgIpc) is 2.79. The van der Waals surface area contributed by atoms with Crippen LogP contribution in [-0.2, 0) is 0 Å². The molecule has 0 aliphatic rings. The number of hydrogen-bond acceptors (Lipinski definition) is 1. The summed E-state index contributed by atoms with van der Waals surface area (Å²) in [5.74, 6) is 0. The van der Waals surface area contributed by atoms with E-state index in [1.165, 1.54) is 16.3 Å². The van der Waals surface area contributed by atoms with Crippen molar-refractivity contribution in [2.75, 3.05) is 0 Å². The van der Waals surface area contributed by atoms with E-state index in [2.05, 4.69) is 48.7 Å². The number of rotatable bonds is 2. The van der Waals surface area contributed by atoms with Crippen molar-refractivity contribution in [1.82, 2.24) is 0 Å². The van der Waals surface area contributed by atoms with Gasteiger partial charge in [-0.2, -0.15) is 0 Å². The fourth-order valence-corrected chi connectivity index (χ4v) is 4.26. The summed E-state index contributed by atoms with van der Waals surface area (Å²) in [6, 6.07) is 12.6. The molecule has 0 aliphatic heterocycles. The van der Waals surface area contributed by atoms with Crippen LogP contribution in [0.3, 0.4) is 0 Å². The first-order valence-corrected chi connectivity index (χ1v) is 8.15. The fourth-order valence-electron chi connectivity index (χ4n) is 2.46. The van der Waals surface area contributed by atoms with E-state index >= 15 is 0 Å². The van der Waals surface area contributed by atoms with Crippen molar-refractivity contribution in [2.24, 2.45) is 0 Å². The summed E-state index contributed by atoms with van der Waals surface area (Å²) in [4.78, 5) is 1.03. The molecule has 3 heteroatoms. The molecule has 0 bridgehead atoms. The molecule has 0 spiro atoms. The normalized spacial score (nSPS) is 12.8. The van der Waals surface area contributed by atoms with Crippen molar-refractivity contribution in [3.8, 4) is 0 Å². The Hall–Kier alpha value is -1.02. The second-order valence-electron chi connectivity index (χ2n) is 4.98. The molecule has 102 valence electrons. The van der Waals surface area contributed by atoms with Crippen LogP contribution < -0.4 is 0 Å². The molecular weight excluding hydrogens is 307 g/mol. The summed E-state index contributed by atoms with van der Waals surface area (Å²) in [5, 5.41) is 5.10. The molecule has 1 atom stereocenters. The van der Waals surface area contributed by atoms with Gasteiger partial charge in [0.1, 0.15) is 0 Å². The number of alkyl halides is 1. The highest BCUT2D eigenvalue weighted by molar-refractivity contribution is 7.11. The summed E-state index contributed by atoms with van der Waals surface area (Å²) in [6.45, 7) is 4.14. The number of fused-ring (bicyclic) bond motifs is 1. The molecule has 0 radical (unpaired) electrons. The molecule has 3 aromatic rings. The smallest absolute Gasteiger partial charge is 0.0948 e. The molecule has 2 aromatic carbocycles. The lowest BCUT2D eigenvalue weighted by atomic mass is 9.97. The van der Waals surface area contributed by atoms with E-state index in [1.54, 1.807) is 11.3 Å². The Kier molecular flexibility index (Phi) is 3.76. The van der Waals surface area contributed by atoms with Crippen molar-refractivity contribution in [3.63, 3.8) is 0 Å². The molecule has 1 aromatic heterocycles. The van der Waals surface area contributed by atoms with E-state index in [1.807, 2.05) is 6.92 Å². The lowest BCUT2D eigenvalue weighted by molar-refractivity contribution is 1.20. The topological polar surface area (TPSA) is 0 Å². The Morgan fingerprint density at radius 1 is 0.950 bits per heavy atom. The Labute approximate surface area is 133 Å². The molecule has 0 aliphatic carbocycles. The Balaban J connectivity index is 2.20. The van der Waals surface area contributed by atoms with Crippen molar-refractivity contribution in [3.05, 3.63) is 68.4 Å². The van der Waals surface area contributed by atoms with Gasteiger partial charge in [-0.15, -0.1) is 22.9 Å². The van der Waals surface area contributed by atoms with Crippen LogP contribution in [0.25, 0.3) is 10.8 Å². The zero-order chi connectivity index (χ0) is 14.3. The van der Waals surface area contributed by atoms with E-state index < -0.39 is 0 Å². The van der Waals surface area contributed by atoms with Crippen LogP contribution >= 0.6 is 34.5 Å². The Morgan fingerprint density at radius 2 is 1.65 bits per heavy atom. The van der Waals surface area contributed by atoms with Gasteiger partial charge in [0.2, 0.25) is 0 Å². The second-order valence-corrected chi connectivity index (χ2v) is 6.70. The summed E-state index contributed by atoms with van der Waals surface area (Å²) < 4.78 is 0. The predicted molar refractivity (Wildman–Crippen MR) is 90.4 cm³/mol. The van der Waals surface area contributed by atoms with E-state index in [4.69, 9.17) is 23.2 Å². The number of hydrogen-bond donors (Lipinski definition) is 0. The van der Waals surface area contributed by atoms with E-state index in [9.17, 15) is 0 Å². The van der Waals surface area contributed by atoms with Gasteiger partial charge in [-0.25, -0.2) is 0 Å². The maximum Gasteiger partial charge on any atom is 0.0948 e. The number of halogens is 2. The molecule has 0 saturated heterocycles. The minimum atomic E-state index is -0.202. The van der Waals surface area contributed by atoms with Crippen molar-refractivity contribution in [2.45, 2.75) is 19.2 Å². The summed E-state index contributed by atoms with van der Waals surface area (Å²) >= 11 is 14.7. The lowest BCUT2D eigenvalue weighted by Crippen LogP contribution is -1.94. The SMILES string of the molecule is Cc1csc(C(Cl)c2ccc(C)c3ccccc23)c1Cl. The van der Waals surface area contributed by atoms with Gasteiger partial charge in [-0.05, 0) is 46.7 Å². The maximum atomic E-state index is 6.71. The number of thiophene rings is 1. The van der Waals surface area contributed by atoms with Crippen LogP contribution in [0, 0.1) is 13.8 Å². The molecule has 0 saturated carbocycles. The highest BCUT2D eigenvalue weighted by Gasteiger charge is 2.19. The molecule has 0 fully saturated rings. The molecule has 20 heavy (non-hydrogen) atoms. The van der Waals surface area contributed by atoms with E-state index in [-0.39, 0.29) is 5.38 Å². The van der Waals surface area contributed by atoms with Crippen LogP contribution in [0.15, 0.2) is 41.8 Å². The molecule has 1 heterocycles. The fraction of sp³-hybridized carbons (Fsp3) is 0.176. The average molecular weight is 321 g/mol. The molecule has 3 rings (SSSR count). The van der Waals surface area contributed by atoms with Crippen LogP contribution in [0.2, 0.25) is 5.02 Å². The van der Waals surface area contributed by atoms with Gasteiger partial charge in [0.15, 0.2) is 0 Å². The molecule has 0 N–H and O–H groups in total. The first-order valence-electron chi connectivity index (χ1n) is 6.45. The van der Waals surface area contributed by atoms with Gasteiger partial charge >= 0.3 is 0 Å². The molecular formula is C17H14Cl2S. The first kappa shape index (κ1) is 13.9. The van der Waals surface area contributed by atoms with Crippen LogP contribution in [0.4, 0.5) is 0 Å². The Bertz CT molecular complexity index is 774. The third-order valence-electron chi connectivity index (χ3n) is 3.60. The van der Waals surface area contributed by atoms with Crippen molar-refractivity contribution >= 4 is 45.3 Å². The van der Waals surface area contributed by atoms with Crippen molar-refractivity contribution < 1.29 is 0 Å². The summed E-state index contributed by atoms with van der Waals surface area (Å²) in [5.41, 5.74) is 3.48. The third-order valence-corrected chi connectivity index (χ3v) is 5.97. The highest BCUT2D eigenvalue weighted by Crippen LogP contribution is 2.42. The molecule has 1 unspecified atom stereocenters. The maximum absolute atomic E-state index is 6.71. The van der Waals surface area contributed by atoms with Gasteiger partial charge in [-0.3, -0.25) is 0 Å². The number of aryl methyl sites for hydroxylation is 2. The lowest BCUT2D eigenvalue weighted by Gasteiger charge is -2.14. The van der Waals surface area contributed by atoms with Gasteiger partial charge in [0.25, 0.3) is 0 Å². The standard InChI is InChI=1S/C17H14Cl2S/c1-10-7-8-14(13-6-4-3-5-12(10)13)16(19)17-15(18)11(2)9-20-17/h3-9,16H,1-2H3. The van der Waals surface area contributed by atoms with Gasteiger partial charge in [-0.1, -0.05) is 48.0 Å². The van der Waals surface area contributed by atoms with Crippen molar-refractivity contribution in [1.29, 1.82) is 0 Å². The van der Waals surface area contributed by atoms with Gasteiger partial charge in [0.05, 0.1) is 10.4 Å². The first-order chi connectivity index (χ1) is 9.59. The minimum Gasteiger partial charge on any atom is -0.145 e. The monoisotopic (exact) mass is 320 g/mol. The number of benzene rings is 2. The second kappa shape index (κ2) is 5.40. The highest BCUT2D eigenvalue weighted by atomic mass is 35.5. The van der Waals surface area contributed by atoms with Crippen LogP contribution in [0.1, 0.15) is 26.9 Å². The largest absolute Gasteiger partial charge is 0.145 e. The quantitative estimate of drug-likeness (QED) is 0.473. The third kappa shape index (κ3) is 2.24. The molecule has 0 nitrogen and oxygen atoms in total. The van der Waals surface area contributed by atoms with Crippen LogP contribution in [-0.4, -0.2) is 0 Å².